The summed E-state index contributed by atoms with van der Waals surface area (Å²) < 4.78 is 0. The predicted molar refractivity (Wildman–Crippen MR) is 112 cm³/mol. The van der Waals surface area contributed by atoms with Crippen molar-refractivity contribution in [2.75, 3.05) is 5.32 Å². The van der Waals surface area contributed by atoms with Crippen molar-refractivity contribution in [1.29, 1.82) is 0 Å². The minimum atomic E-state index is -0.295. The zero-order chi connectivity index (χ0) is 19.8. The van der Waals surface area contributed by atoms with Crippen LogP contribution in [0.15, 0.2) is 47.3 Å². The molecular formula is C21H18ClN5O. The minimum absolute atomic E-state index is 0.255. The van der Waals surface area contributed by atoms with E-state index in [1.807, 2.05) is 39.0 Å². The third-order valence-corrected chi connectivity index (χ3v) is 4.78. The highest BCUT2D eigenvalue weighted by atomic mass is 35.5. The molecule has 0 spiro atoms. The number of rotatable bonds is 3. The molecule has 4 rings (SSSR count). The van der Waals surface area contributed by atoms with E-state index in [0.29, 0.717) is 22.2 Å². The highest BCUT2D eigenvalue weighted by Gasteiger charge is 2.11. The van der Waals surface area contributed by atoms with Gasteiger partial charge in [0.1, 0.15) is 0 Å². The van der Waals surface area contributed by atoms with Crippen LogP contribution in [0.4, 0.5) is 11.9 Å². The zero-order valence-electron chi connectivity index (χ0n) is 15.7. The number of hydrogen-bond donors (Lipinski definition) is 2. The van der Waals surface area contributed by atoms with Gasteiger partial charge in [0.2, 0.25) is 11.9 Å². The number of benzene rings is 2. The van der Waals surface area contributed by atoms with Gasteiger partial charge in [0.25, 0.3) is 5.56 Å². The Bertz CT molecular complexity index is 1270. The summed E-state index contributed by atoms with van der Waals surface area (Å²) in [7, 11) is 0. The highest BCUT2D eigenvalue weighted by molar-refractivity contribution is 6.33. The molecule has 0 aliphatic heterocycles. The second kappa shape index (κ2) is 7.05. The first-order valence-corrected chi connectivity index (χ1v) is 9.17. The van der Waals surface area contributed by atoms with E-state index in [-0.39, 0.29) is 11.5 Å². The summed E-state index contributed by atoms with van der Waals surface area (Å²) in [5.74, 6) is 0.627. The number of fused-ring (bicyclic) bond motifs is 1. The second-order valence-corrected chi connectivity index (χ2v) is 7.10. The first-order chi connectivity index (χ1) is 13.4. The molecule has 0 fully saturated rings. The molecular weight excluding hydrogens is 374 g/mol. The Kier molecular flexibility index (Phi) is 4.57. The average molecular weight is 392 g/mol. The second-order valence-electron chi connectivity index (χ2n) is 6.69. The van der Waals surface area contributed by atoms with Gasteiger partial charge in [0.05, 0.1) is 16.9 Å². The molecule has 0 aliphatic rings. The van der Waals surface area contributed by atoms with Gasteiger partial charge in [-0.15, -0.1) is 0 Å². The summed E-state index contributed by atoms with van der Waals surface area (Å²) in [6, 6.07) is 12.8. The maximum absolute atomic E-state index is 12.1. The van der Waals surface area contributed by atoms with Crippen LogP contribution in [0.5, 0.6) is 0 Å². The number of halogens is 1. The predicted octanol–water partition coefficient (Wildman–Crippen LogP) is 4.70. The Morgan fingerprint density at radius 2 is 1.79 bits per heavy atom. The van der Waals surface area contributed by atoms with Crippen molar-refractivity contribution in [3.05, 3.63) is 74.7 Å². The lowest BCUT2D eigenvalue weighted by molar-refractivity contribution is 1.08. The molecule has 6 nitrogen and oxygen atoms in total. The fourth-order valence-corrected chi connectivity index (χ4v) is 3.45. The van der Waals surface area contributed by atoms with Crippen molar-refractivity contribution in [1.82, 2.24) is 19.9 Å². The Morgan fingerprint density at radius 3 is 2.57 bits per heavy atom. The van der Waals surface area contributed by atoms with Crippen LogP contribution in [-0.4, -0.2) is 19.9 Å². The number of aryl methyl sites for hydroxylation is 3. The van der Waals surface area contributed by atoms with Crippen LogP contribution in [0.25, 0.3) is 22.2 Å². The molecule has 0 amide bonds. The van der Waals surface area contributed by atoms with E-state index in [0.717, 1.165) is 27.7 Å². The van der Waals surface area contributed by atoms with Gasteiger partial charge >= 0.3 is 0 Å². The fourth-order valence-electron chi connectivity index (χ4n) is 3.22. The van der Waals surface area contributed by atoms with Gasteiger partial charge in [0, 0.05) is 22.0 Å². The largest absolute Gasteiger partial charge is 0.294 e. The van der Waals surface area contributed by atoms with Gasteiger partial charge < -0.3 is 0 Å². The fraction of sp³-hybridized carbons (Fsp3) is 0.143. The molecule has 0 bridgehead atoms. The van der Waals surface area contributed by atoms with E-state index in [9.17, 15) is 4.79 Å². The van der Waals surface area contributed by atoms with Crippen molar-refractivity contribution < 1.29 is 0 Å². The van der Waals surface area contributed by atoms with Gasteiger partial charge in [-0.3, -0.25) is 15.1 Å². The van der Waals surface area contributed by atoms with Crippen molar-refractivity contribution >= 4 is 34.4 Å². The molecule has 2 N–H and O–H groups in total. The maximum atomic E-state index is 12.1. The van der Waals surface area contributed by atoms with Crippen molar-refractivity contribution in [2.24, 2.45) is 0 Å². The summed E-state index contributed by atoms with van der Waals surface area (Å²) >= 11 is 6.24. The lowest BCUT2D eigenvalue weighted by Crippen LogP contribution is -2.12. The van der Waals surface area contributed by atoms with Crippen LogP contribution < -0.4 is 10.9 Å². The summed E-state index contributed by atoms with van der Waals surface area (Å²) in [4.78, 5) is 28.4. The lowest BCUT2D eigenvalue weighted by atomic mass is 10.1. The topological polar surface area (TPSA) is 83.6 Å². The molecule has 0 saturated heterocycles. The molecule has 2 aromatic carbocycles. The van der Waals surface area contributed by atoms with Crippen LogP contribution in [0.1, 0.15) is 16.8 Å². The molecule has 0 saturated carbocycles. The van der Waals surface area contributed by atoms with Crippen molar-refractivity contribution in [3.8, 4) is 11.3 Å². The number of aromatic nitrogens is 4. The molecule has 0 unspecified atom stereocenters. The Morgan fingerprint density at radius 1 is 1.00 bits per heavy atom. The lowest BCUT2D eigenvalue weighted by Gasteiger charge is -2.11. The summed E-state index contributed by atoms with van der Waals surface area (Å²) in [5, 5.41) is 4.55. The van der Waals surface area contributed by atoms with E-state index < -0.39 is 0 Å². The first kappa shape index (κ1) is 18.1. The number of H-pyrrole nitrogens is 1. The van der Waals surface area contributed by atoms with Gasteiger partial charge in [-0.2, -0.15) is 0 Å². The van der Waals surface area contributed by atoms with Gasteiger partial charge in [-0.05, 0) is 38.5 Å². The number of hydrogen-bond acceptors (Lipinski definition) is 5. The minimum Gasteiger partial charge on any atom is -0.294 e. The van der Waals surface area contributed by atoms with Crippen molar-refractivity contribution in [2.45, 2.75) is 20.8 Å². The third-order valence-electron chi connectivity index (χ3n) is 4.45. The van der Waals surface area contributed by atoms with E-state index in [2.05, 4.69) is 37.4 Å². The monoisotopic (exact) mass is 391 g/mol. The standard InChI is InChI=1S/C21H18ClN5O/c1-11-8-12(2)19-15(9-11)13(3)23-20(26-19)27-21-24-17(10-18(28)25-21)14-6-4-5-7-16(14)22/h4-10H,1-3H3,(H2,23,24,25,26,27,28). The molecule has 0 aliphatic carbocycles. The Balaban J connectivity index is 1.78. The number of anilines is 2. The Labute approximate surface area is 166 Å². The molecule has 0 radical (unpaired) electrons. The maximum Gasteiger partial charge on any atom is 0.252 e. The van der Waals surface area contributed by atoms with Crippen LogP contribution in [0.2, 0.25) is 5.02 Å². The molecule has 2 heterocycles. The summed E-state index contributed by atoms with van der Waals surface area (Å²) in [6.45, 7) is 6.00. The number of nitrogens with zero attached hydrogens (tertiary/aromatic N) is 3. The first-order valence-electron chi connectivity index (χ1n) is 8.79. The van der Waals surface area contributed by atoms with Crippen LogP contribution >= 0.6 is 11.6 Å². The summed E-state index contributed by atoms with van der Waals surface area (Å²) in [6.07, 6.45) is 0. The highest BCUT2D eigenvalue weighted by Crippen LogP contribution is 2.26. The van der Waals surface area contributed by atoms with E-state index in [1.54, 1.807) is 6.07 Å². The molecule has 28 heavy (non-hydrogen) atoms. The van der Waals surface area contributed by atoms with E-state index in [1.165, 1.54) is 6.07 Å². The third kappa shape index (κ3) is 3.46. The van der Waals surface area contributed by atoms with Crippen molar-refractivity contribution in [3.63, 3.8) is 0 Å². The summed E-state index contributed by atoms with van der Waals surface area (Å²) in [5.41, 5.74) is 4.80. The number of aromatic amines is 1. The van der Waals surface area contributed by atoms with Crippen LogP contribution in [0.3, 0.4) is 0 Å². The molecule has 7 heteroatoms. The zero-order valence-corrected chi connectivity index (χ0v) is 16.4. The smallest absolute Gasteiger partial charge is 0.252 e. The van der Waals surface area contributed by atoms with Crippen LogP contribution in [0, 0.1) is 20.8 Å². The van der Waals surface area contributed by atoms with Gasteiger partial charge in [-0.25, -0.2) is 15.0 Å². The quantitative estimate of drug-likeness (QED) is 0.528. The molecule has 140 valence electrons. The average Bonchev–Trinajstić information content (AvgIpc) is 2.63. The Hall–Kier alpha value is -3.25. The molecule has 4 aromatic rings. The van der Waals surface area contributed by atoms with Gasteiger partial charge in [-0.1, -0.05) is 41.4 Å². The van der Waals surface area contributed by atoms with E-state index in [4.69, 9.17) is 11.6 Å². The normalized spacial score (nSPS) is 11.0. The molecule has 2 aromatic heterocycles. The van der Waals surface area contributed by atoms with Gasteiger partial charge in [0.15, 0.2) is 0 Å². The van der Waals surface area contributed by atoms with E-state index >= 15 is 0 Å². The molecule has 0 atom stereocenters. The number of nitrogens with one attached hydrogen (secondary N) is 2. The SMILES string of the molecule is Cc1cc(C)c2nc(Nc3nc(-c4ccccc4Cl)cc(=O)[nH]3)nc(C)c2c1. The van der Waals surface area contributed by atoms with Crippen LogP contribution in [-0.2, 0) is 0 Å².